The second kappa shape index (κ2) is 5.50. The van der Waals surface area contributed by atoms with Crippen molar-refractivity contribution >= 4 is 5.91 Å². The van der Waals surface area contributed by atoms with Crippen LogP contribution < -0.4 is 5.32 Å². The number of rotatable bonds is 2. The molecule has 3 rings (SSSR count). The van der Waals surface area contributed by atoms with Crippen molar-refractivity contribution in [1.82, 2.24) is 10.2 Å². The van der Waals surface area contributed by atoms with Crippen molar-refractivity contribution in [3.8, 4) is 0 Å². The van der Waals surface area contributed by atoms with Crippen molar-refractivity contribution < 1.29 is 14.3 Å². The largest absolute Gasteiger partial charge is 0.393 e. The summed E-state index contributed by atoms with van der Waals surface area (Å²) in [5.74, 6) is -0.189. The summed E-state index contributed by atoms with van der Waals surface area (Å²) in [5, 5.41) is 12.8. The number of nitrogens with zero attached hydrogens (tertiary/aromatic N) is 1. The highest BCUT2D eigenvalue weighted by molar-refractivity contribution is 5.81. The zero-order valence-electron chi connectivity index (χ0n) is 11.3. The van der Waals surface area contributed by atoms with E-state index < -0.39 is 0 Å². The molecule has 0 bridgehead atoms. The van der Waals surface area contributed by atoms with E-state index in [9.17, 15) is 14.3 Å². The van der Waals surface area contributed by atoms with Crippen LogP contribution in [0.4, 0.5) is 4.39 Å². The Morgan fingerprint density at radius 1 is 1.15 bits per heavy atom. The average Bonchev–Trinajstić information content (AvgIpc) is 2.83. The maximum Gasteiger partial charge on any atom is 0.238 e. The molecular formula is C15H19FN2O2. The van der Waals surface area contributed by atoms with Gasteiger partial charge in [0.15, 0.2) is 0 Å². The fourth-order valence-corrected chi connectivity index (χ4v) is 3.19. The van der Waals surface area contributed by atoms with Crippen LogP contribution in [0.3, 0.4) is 0 Å². The quantitative estimate of drug-likeness (QED) is 0.863. The van der Waals surface area contributed by atoms with Gasteiger partial charge in [-0.15, -0.1) is 0 Å². The van der Waals surface area contributed by atoms with Crippen LogP contribution in [0.2, 0.25) is 0 Å². The first-order valence-corrected chi connectivity index (χ1v) is 7.13. The molecule has 4 nitrogen and oxygen atoms in total. The molecule has 2 fully saturated rings. The van der Waals surface area contributed by atoms with E-state index >= 15 is 0 Å². The third-order valence-electron chi connectivity index (χ3n) is 4.26. The summed E-state index contributed by atoms with van der Waals surface area (Å²) in [6.45, 7) is 0.321. The Balaban J connectivity index is 1.79. The molecule has 1 atom stereocenters. The number of aliphatic hydroxyl groups is 1. The zero-order valence-corrected chi connectivity index (χ0v) is 11.3. The van der Waals surface area contributed by atoms with E-state index in [2.05, 4.69) is 5.32 Å². The first-order chi connectivity index (χ1) is 9.65. The Hall–Kier alpha value is -1.46. The third kappa shape index (κ3) is 2.55. The Bertz CT molecular complexity index is 483. The summed E-state index contributed by atoms with van der Waals surface area (Å²) >= 11 is 0. The van der Waals surface area contributed by atoms with Crippen molar-refractivity contribution in [1.29, 1.82) is 0 Å². The summed E-state index contributed by atoms with van der Waals surface area (Å²) in [6, 6.07) is 6.44. The molecule has 1 aromatic carbocycles. The Morgan fingerprint density at radius 3 is 2.45 bits per heavy atom. The molecule has 1 aromatic rings. The van der Waals surface area contributed by atoms with Crippen LogP contribution >= 0.6 is 0 Å². The number of nitrogens with one attached hydrogen (secondary N) is 1. The molecule has 20 heavy (non-hydrogen) atoms. The topological polar surface area (TPSA) is 52.6 Å². The van der Waals surface area contributed by atoms with E-state index in [1.54, 1.807) is 12.1 Å². The van der Waals surface area contributed by atoms with Crippen LogP contribution in [0, 0.1) is 5.82 Å². The van der Waals surface area contributed by atoms with Crippen LogP contribution in [0.5, 0.6) is 0 Å². The molecule has 5 heteroatoms. The molecule has 1 unspecified atom stereocenters. The van der Waals surface area contributed by atoms with Gasteiger partial charge in [-0.1, -0.05) is 12.1 Å². The number of benzene rings is 1. The predicted molar refractivity (Wildman–Crippen MR) is 72.3 cm³/mol. The summed E-state index contributed by atoms with van der Waals surface area (Å²) in [5.41, 5.74) is 0.906. The molecular weight excluding hydrogens is 259 g/mol. The van der Waals surface area contributed by atoms with Gasteiger partial charge in [-0.2, -0.15) is 0 Å². The Morgan fingerprint density at radius 2 is 1.80 bits per heavy atom. The van der Waals surface area contributed by atoms with Crippen LogP contribution in [0.15, 0.2) is 24.3 Å². The number of carbonyl (C=O) groups is 1. The summed E-state index contributed by atoms with van der Waals surface area (Å²) in [4.78, 5) is 14.0. The van der Waals surface area contributed by atoms with E-state index in [1.165, 1.54) is 12.1 Å². The van der Waals surface area contributed by atoms with Crippen molar-refractivity contribution in [2.75, 3.05) is 6.54 Å². The van der Waals surface area contributed by atoms with E-state index in [1.807, 2.05) is 4.90 Å². The van der Waals surface area contributed by atoms with E-state index in [0.29, 0.717) is 6.54 Å². The first kappa shape index (κ1) is 13.5. The second-order valence-electron chi connectivity index (χ2n) is 5.60. The number of amides is 1. The highest BCUT2D eigenvalue weighted by Crippen LogP contribution is 2.31. The van der Waals surface area contributed by atoms with Crippen molar-refractivity contribution in [3.05, 3.63) is 35.6 Å². The number of aliphatic hydroxyl groups excluding tert-OH is 1. The van der Waals surface area contributed by atoms with E-state index in [4.69, 9.17) is 0 Å². The van der Waals surface area contributed by atoms with Gasteiger partial charge in [-0.25, -0.2) is 4.39 Å². The number of halogens is 1. The van der Waals surface area contributed by atoms with Gasteiger partial charge in [-0.3, -0.25) is 10.1 Å². The van der Waals surface area contributed by atoms with Gasteiger partial charge in [0.1, 0.15) is 12.0 Å². The van der Waals surface area contributed by atoms with Crippen molar-refractivity contribution in [2.24, 2.45) is 0 Å². The highest BCUT2D eigenvalue weighted by atomic mass is 19.1. The number of hydrogen-bond acceptors (Lipinski definition) is 3. The van der Waals surface area contributed by atoms with Crippen LogP contribution in [-0.2, 0) is 4.79 Å². The van der Waals surface area contributed by atoms with Crippen LogP contribution in [0.25, 0.3) is 0 Å². The first-order valence-electron chi connectivity index (χ1n) is 7.13. The maximum absolute atomic E-state index is 13.0. The number of carbonyl (C=O) groups excluding carboxylic acids is 1. The molecule has 1 aliphatic heterocycles. The zero-order chi connectivity index (χ0) is 14.1. The second-order valence-corrected chi connectivity index (χ2v) is 5.60. The molecule has 1 aliphatic carbocycles. The smallest absolute Gasteiger partial charge is 0.238 e. The molecule has 108 valence electrons. The summed E-state index contributed by atoms with van der Waals surface area (Å²) in [6.07, 6.45) is 2.72. The summed E-state index contributed by atoms with van der Waals surface area (Å²) in [7, 11) is 0. The van der Waals surface area contributed by atoms with Crippen LogP contribution in [0.1, 0.15) is 37.4 Å². The fourth-order valence-electron chi connectivity index (χ4n) is 3.19. The average molecular weight is 278 g/mol. The minimum Gasteiger partial charge on any atom is -0.393 e. The molecule has 0 spiro atoms. The minimum absolute atomic E-state index is 0.0840. The standard InChI is InChI=1S/C15H19FN2O2/c16-11-3-1-10(2-4-11)15-17-9-14(20)18(15)12-5-7-13(19)8-6-12/h1-4,12-13,15,17,19H,5-9H2. The molecule has 2 N–H and O–H groups in total. The molecule has 2 aliphatic rings. The van der Waals surface area contributed by atoms with Gasteiger partial charge in [0.05, 0.1) is 12.6 Å². The Kier molecular flexibility index (Phi) is 3.72. The molecule has 1 saturated heterocycles. The predicted octanol–water partition coefficient (Wildman–Crippen LogP) is 1.56. The monoisotopic (exact) mass is 278 g/mol. The third-order valence-corrected chi connectivity index (χ3v) is 4.26. The van der Waals surface area contributed by atoms with Gasteiger partial charge in [-0.05, 0) is 43.4 Å². The van der Waals surface area contributed by atoms with Gasteiger partial charge >= 0.3 is 0 Å². The summed E-state index contributed by atoms with van der Waals surface area (Å²) < 4.78 is 13.0. The van der Waals surface area contributed by atoms with Gasteiger partial charge in [0, 0.05) is 6.04 Å². The molecule has 1 amide bonds. The molecule has 0 aromatic heterocycles. The van der Waals surface area contributed by atoms with Gasteiger partial charge in [0.25, 0.3) is 0 Å². The fraction of sp³-hybridized carbons (Fsp3) is 0.533. The lowest BCUT2D eigenvalue weighted by atomic mass is 9.91. The Labute approximate surface area is 117 Å². The lowest BCUT2D eigenvalue weighted by molar-refractivity contribution is -0.131. The van der Waals surface area contributed by atoms with Crippen molar-refractivity contribution in [2.45, 2.75) is 44.0 Å². The number of hydrogen-bond donors (Lipinski definition) is 2. The van der Waals surface area contributed by atoms with Gasteiger partial charge in [0.2, 0.25) is 5.91 Å². The van der Waals surface area contributed by atoms with Gasteiger partial charge < -0.3 is 10.0 Å². The SMILES string of the molecule is O=C1CNC(c2ccc(F)cc2)N1C1CCC(O)CC1. The van der Waals surface area contributed by atoms with E-state index in [-0.39, 0.29) is 30.0 Å². The lowest BCUT2D eigenvalue weighted by Gasteiger charge is -2.36. The maximum atomic E-state index is 13.0. The van der Waals surface area contributed by atoms with Crippen LogP contribution in [-0.4, -0.2) is 34.6 Å². The van der Waals surface area contributed by atoms with Crippen molar-refractivity contribution in [3.63, 3.8) is 0 Å². The lowest BCUT2D eigenvalue weighted by Crippen LogP contribution is -2.42. The molecule has 0 radical (unpaired) electrons. The molecule has 1 saturated carbocycles. The normalized spacial score (nSPS) is 30.8. The highest BCUT2D eigenvalue weighted by Gasteiger charge is 2.38. The molecule has 1 heterocycles. The minimum atomic E-state index is -0.273. The van der Waals surface area contributed by atoms with E-state index in [0.717, 1.165) is 31.2 Å².